The first-order valence-electron chi connectivity index (χ1n) is 11.5. The summed E-state index contributed by atoms with van der Waals surface area (Å²) in [6.45, 7) is 1.25. The number of methoxy groups -OCH3 is 1. The van der Waals surface area contributed by atoms with Crippen LogP contribution in [0.15, 0.2) is 42.5 Å². The van der Waals surface area contributed by atoms with Gasteiger partial charge in [-0.25, -0.2) is 9.48 Å². The van der Waals surface area contributed by atoms with E-state index in [4.69, 9.17) is 0 Å². The molecule has 0 bridgehead atoms. The van der Waals surface area contributed by atoms with Crippen LogP contribution in [0.1, 0.15) is 56.1 Å². The van der Waals surface area contributed by atoms with Gasteiger partial charge in [-0.15, -0.1) is 0 Å². The van der Waals surface area contributed by atoms with Crippen molar-refractivity contribution in [2.75, 3.05) is 18.6 Å². The number of alkyl halides is 6. The number of ether oxygens (including phenoxy) is 1. The molecule has 39 heavy (non-hydrogen) atoms. The lowest BCUT2D eigenvalue weighted by Gasteiger charge is -2.21. The van der Waals surface area contributed by atoms with Gasteiger partial charge < -0.3 is 20.1 Å². The van der Waals surface area contributed by atoms with Gasteiger partial charge in [-0.2, -0.15) is 31.4 Å². The van der Waals surface area contributed by atoms with Crippen LogP contribution in [0, 0.1) is 0 Å². The monoisotopic (exact) mass is 556 g/mol. The van der Waals surface area contributed by atoms with Gasteiger partial charge in [0, 0.05) is 13.1 Å². The predicted molar refractivity (Wildman–Crippen MR) is 125 cm³/mol. The average molecular weight is 556 g/mol. The van der Waals surface area contributed by atoms with Crippen molar-refractivity contribution < 1.29 is 45.8 Å². The number of carbonyl (C=O) groups is 2. The molecule has 0 radical (unpaired) electrons. The second-order valence-electron chi connectivity index (χ2n) is 8.88. The van der Waals surface area contributed by atoms with Crippen LogP contribution >= 0.6 is 0 Å². The molecule has 14 heteroatoms. The summed E-state index contributed by atoms with van der Waals surface area (Å²) in [6, 6.07) is 7.51. The van der Waals surface area contributed by atoms with Crippen LogP contribution in [-0.4, -0.2) is 40.4 Å². The molecule has 1 amide bonds. The molecule has 1 aromatic heterocycles. The summed E-state index contributed by atoms with van der Waals surface area (Å²) in [4.78, 5) is 26.2. The van der Waals surface area contributed by atoms with Crippen molar-refractivity contribution in [3.05, 3.63) is 76.0 Å². The van der Waals surface area contributed by atoms with Gasteiger partial charge in [0.2, 0.25) is 0 Å². The van der Waals surface area contributed by atoms with Gasteiger partial charge in [0.25, 0.3) is 5.91 Å². The van der Waals surface area contributed by atoms with E-state index in [0.29, 0.717) is 11.6 Å². The lowest BCUT2D eigenvalue weighted by Crippen LogP contribution is -2.31. The van der Waals surface area contributed by atoms with Crippen molar-refractivity contribution in [1.82, 2.24) is 15.1 Å². The van der Waals surface area contributed by atoms with Gasteiger partial charge in [-0.3, -0.25) is 4.79 Å². The smallest absolute Gasteiger partial charge is 0.436 e. The van der Waals surface area contributed by atoms with Gasteiger partial charge in [0.05, 0.1) is 30.8 Å². The number of aromatic nitrogens is 2. The SMILES string of the molecule is COC(=O)c1ccc(C(C)NC(=O)c2c(C(F)(F)F)nn3c2N(Cc2cc(O)cc(C(F)(F)F)c2)CC3)cc1. The largest absolute Gasteiger partial charge is 0.508 e. The van der Waals surface area contributed by atoms with E-state index in [1.54, 1.807) is 0 Å². The minimum absolute atomic E-state index is 0.0176. The number of esters is 1. The molecule has 1 atom stereocenters. The molecule has 1 aliphatic rings. The standard InChI is InChI=1S/C25H22F6N4O4/c1-13(15-3-5-16(6-4-15)23(38)39-2)32-21(37)19-20(25(29,30)31)33-35-8-7-34(22(19)35)12-14-9-17(24(26,27)28)11-18(36)10-14/h3-6,9-11,13,36H,7-8,12H2,1-2H3,(H,32,37). The number of fused-ring (bicyclic) bond motifs is 1. The molecule has 4 rings (SSSR count). The molecular weight excluding hydrogens is 534 g/mol. The number of carbonyl (C=O) groups excluding carboxylic acids is 2. The summed E-state index contributed by atoms with van der Waals surface area (Å²) >= 11 is 0. The zero-order chi connectivity index (χ0) is 28.7. The molecule has 0 aliphatic carbocycles. The number of aromatic hydroxyl groups is 1. The number of nitrogens with one attached hydrogen (secondary N) is 1. The highest BCUT2D eigenvalue weighted by molar-refractivity contribution is 6.01. The fourth-order valence-corrected chi connectivity index (χ4v) is 4.34. The number of hydrogen-bond donors (Lipinski definition) is 2. The van der Waals surface area contributed by atoms with Gasteiger partial charge in [-0.1, -0.05) is 12.1 Å². The molecule has 1 aliphatic heterocycles. The van der Waals surface area contributed by atoms with Gasteiger partial charge >= 0.3 is 18.3 Å². The molecule has 2 N–H and O–H groups in total. The third-order valence-electron chi connectivity index (χ3n) is 6.16. The molecule has 3 aromatic rings. The summed E-state index contributed by atoms with van der Waals surface area (Å²) < 4.78 is 86.9. The Labute approximate surface area is 217 Å². The molecule has 8 nitrogen and oxygen atoms in total. The molecule has 1 unspecified atom stereocenters. The summed E-state index contributed by atoms with van der Waals surface area (Å²) in [5, 5.41) is 15.9. The van der Waals surface area contributed by atoms with Crippen molar-refractivity contribution in [2.45, 2.75) is 38.4 Å². The fraction of sp³-hybridized carbons (Fsp3) is 0.320. The van der Waals surface area contributed by atoms with Crippen LogP contribution in [0.2, 0.25) is 0 Å². The van der Waals surface area contributed by atoms with E-state index >= 15 is 0 Å². The zero-order valence-corrected chi connectivity index (χ0v) is 20.5. The molecule has 0 fully saturated rings. The molecule has 2 aromatic carbocycles. The lowest BCUT2D eigenvalue weighted by atomic mass is 10.1. The normalized spacial score (nSPS) is 14.2. The maximum absolute atomic E-state index is 13.9. The van der Waals surface area contributed by atoms with Gasteiger partial charge in [0.1, 0.15) is 17.1 Å². The highest BCUT2D eigenvalue weighted by Crippen LogP contribution is 2.39. The van der Waals surface area contributed by atoms with E-state index in [2.05, 4.69) is 15.2 Å². The summed E-state index contributed by atoms with van der Waals surface area (Å²) in [5.41, 5.74) is -2.61. The van der Waals surface area contributed by atoms with E-state index in [1.165, 1.54) is 43.2 Å². The maximum atomic E-state index is 13.9. The van der Waals surface area contributed by atoms with Crippen molar-refractivity contribution in [3.8, 4) is 5.75 Å². The Morgan fingerprint density at radius 3 is 2.31 bits per heavy atom. The maximum Gasteiger partial charge on any atom is 0.436 e. The molecule has 0 spiro atoms. The first-order chi connectivity index (χ1) is 18.2. The Morgan fingerprint density at radius 1 is 1.05 bits per heavy atom. The Hall–Kier alpha value is -4.23. The second kappa shape index (κ2) is 10.2. The summed E-state index contributed by atoms with van der Waals surface area (Å²) in [5.74, 6) is -2.54. The second-order valence-corrected chi connectivity index (χ2v) is 8.88. The van der Waals surface area contributed by atoms with E-state index in [9.17, 15) is 41.0 Å². The Kier molecular flexibility index (Phi) is 7.23. The van der Waals surface area contributed by atoms with Crippen molar-refractivity contribution in [2.24, 2.45) is 0 Å². The predicted octanol–water partition coefficient (Wildman–Crippen LogP) is 4.92. The van der Waals surface area contributed by atoms with Gasteiger partial charge in [-0.05, 0) is 48.4 Å². The average Bonchev–Trinajstić information content (AvgIpc) is 3.43. The minimum Gasteiger partial charge on any atom is -0.508 e. The van der Waals surface area contributed by atoms with Crippen molar-refractivity contribution in [1.29, 1.82) is 0 Å². The third kappa shape index (κ3) is 5.78. The van der Waals surface area contributed by atoms with E-state index in [-0.39, 0.29) is 36.6 Å². The Balaban J connectivity index is 1.65. The number of benzene rings is 2. The number of phenols is 1. The Morgan fingerprint density at radius 2 is 1.72 bits per heavy atom. The van der Waals surface area contributed by atoms with E-state index in [0.717, 1.165) is 16.8 Å². The van der Waals surface area contributed by atoms with Crippen LogP contribution in [0.3, 0.4) is 0 Å². The van der Waals surface area contributed by atoms with Crippen molar-refractivity contribution in [3.63, 3.8) is 0 Å². The number of anilines is 1. The summed E-state index contributed by atoms with van der Waals surface area (Å²) in [7, 11) is 1.21. The van der Waals surface area contributed by atoms with Crippen LogP contribution in [0.5, 0.6) is 5.75 Å². The first-order valence-corrected chi connectivity index (χ1v) is 11.5. The fourth-order valence-electron chi connectivity index (χ4n) is 4.34. The molecule has 0 saturated heterocycles. The molecule has 208 valence electrons. The number of phenolic OH excluding ortho intramolecular Hbond substituents is 1. The molecular formula is C25H22F6N4O4. The van der Waals surface area contributed by atoms with Crippen LogP contribution in [0.4, 0.5) is 32.2 Å². The zero-order valence-electron chi connectivity index (χ0n) is 20.5. The van der Waals surface area contributed by atoms with Crippen molar-refractivity contribution >= 4 is 17.7 Å². The number of halogens is 6. The minimum atomic E-state index is -4.99. The van der Waals surface area contributed by atoms with Gasteiger partial charge in [0.15, 0.2) is 5.69 Å². The van der Waals surface area contributed by atoms with Crippen LogP contribution in [0.25, 0.3) is 0 Å². The quantitative estimate of drug-likeness (QED) is 0.331. The van der Waals surface area contributed by atoms with E-state index in [1.807, 2.05) is 0 Å². The highest BCUT2D eigenvalue weighted by atomic mass is 19.4. The third-order valence-corrected chi connectivity index (χ3v) is 6.16. The number of nitrogens with zero attached hydrogens (tertiary/aromatic N) is 3. The van der Waals surface area contributed by atoms with Crippen LogP contribution < -0.4 is 10.2 Å². The van der Waals surface area contributed by atoms with E-state index < -0.39 is 52.8 Å². The van der Waals surface area contributed by atoms with Crippen LogP contribution in [-0.2, 0) is 30.2 Å². The first kappa shape index (κ1) is 27.8. The molecule has 2 heterocycles. The number of rotatable bonds is 6. The number of amides is 1. The molecule has 0 saturated carbocycles. The highest BCUT2D eigenvalue weighted by Gasteiger charge is 2.44. The summed E-state index contributed by atoms with van der Waals surface area (Å²) in [6.07, 6.45) is -9.74. The number of hydrogen-bond acceptors (Lipinski definition) is 6. The lowest BCUT2D eigenvalue weighted by molar-refractivity contribution is -0.142. The topological polar surface area (TPSA) is 96.7 Å². The Bertz CT molecular complexity index is 1400.